The summed E-state index contributed by atoms with van der Waals surface area (Å²) in [6.45, 7) is 0. The lowest BCUT2D eigenvalue weighted by Gasteiger charge is -2.11. The van der Waals surface area contributed by atoms with Crippen molar-refractivity contribution in [2.24, 2.45) is 0 Å². The monoisotopic (exact) mass is 1680 g/mol. The van der Waals surface area contributed by atoms with E-state index in [1.807, 2.05) is 158 Å². The van der Waals surface area contributed by atoms with E-state index in [9.17, 15) is 0 Å². The van der Waals surface area contributed by atoms with Crippen LogP contribution < -0.4 is 0 Å². The van der Waals surface area contributed by atoms with E-state index in [4.69, 9.17) is 54.3 Å². The lowest BCUT2D eigenvalue weighted by atomic mass is 9.98. The maximum Gasteiger partial charge on any atom is 0.227 e. The van der Waals surface area contributed by atoms with Crippen molar-refractivity contribution in [2.45, 2.75) is 0 Å². The van der Waals surface area contributed by atoms with E-state index in [1.165, 1.54) is 52.8 Å². The highest BCUT2D eigenvalue weighted by Crippen LogP contribution is 2.44. The van der Waals surface area contributed by atoms with Crippen LogP contribution in [0.25, 0.3) is 242 Å². The van der Waals surface area contributed by atoms with Gasteiger partial charge in [-0.3, -0.25) is 0 Å². The number of nitrogens with zero attached hydrogens (tertiary/aromatic N) is 10. The molecule has 19 aromatic carbocycles. The lowest BCUT2D eigenvalue weighted by molar-refractivity contribution is 0.623. The molecule has 0 atom stereocenters. The molecule has 0 radical (unpaired) electrons. The Hall–Kier alpha value is -16.8. The van der Waals surface area contributed by atoms with Crippen molar-refractivity contribution in [1.82, 2.24) is 49.8 Å². The van der Waals surface area contributed by atoms with E-state index in [-0.39, 0.29) is 0 Å². The van der Waals surface area contributed by atoms with Gasteiger partial charge >= 0.3 is 0 Å². The minimum Gasteiger partial charge on any atom is -0.435 e. The quantitative estimate of drug-likeness (QED) is 0.102. The van der Waals surface area contributed by atoms with Gasteiger partial charge < -0.3 is 4.42 Å². The lowest BCUT2D eigenvalue weighted by Crippen LogP contribution is -2.00. The highest BCUT2D eigenvalue weighted by molar-refractivity contribution is 7.22. The third-order valence-corrected chi connectivity index (χ3v) is 25.7. The van der Waals surface area contributed by atoms with Crippen LogP contribution in [0.15, 0.2) is 441 Å². The van der Waals surface area contributed by atoms with Gasteiger partial charge in [0.05, 0.1) is 43.2 Å². The molecule has 6 heterocycles. The summed E-state index contributed by atoms with van der Waals surface area (Å²) in [6, 6.07) is 151. The fourth-order valence-electron chi connectivity index (χ4n) is 17.1. The maximum atomic E-state index is 6.38. The molecule has 0 aliphatic carbocycles. The molecule has 129 heavy (non-hydrogen) atoms. The first-order valence-corrected chi connectivity index (χ1v) is 44.4. The van der Waals surface area contributed by atoms with E-state index in [2.05, 4.69) is 279 Å². The van der Waals surface area contributed by atoms with Gasteiger partial charge in [-0.1, -0.05) is 376 Å². The Morgan fingerprint density at radius 3 is 0.837 bits per heavy atom. The first kappa shape index (κ1) is 77.0. The fourth-order valence-corrected chi connectivity index (χ4v) is 19.1. The van der Waals surface area contributed by atoms with Gasteiger partial charge in [0.15, 0.2) is 34.7 Å². The van der Waals surface area contributed by atoms with Crippen LogP contribution in [0.5, 0.6) is 0 Å². The molecule has 0 fully saturated rings. The molecule has 0 saturated carbocycles. The van der Waals surface area contributed by atoms with E-state index in [1.54, 1.807) is 22.7 Å². The van der Waals surface area contributed by atoms with Crippen LogP contribution in [0.1, 0.15) is 0 Å². The van der Waals surface area contributed by atoms with Crippen molar-refractivity contribution in [3.63, 3.8) is 0 Å². The summed E-state index contributed by atoms with van der Waals surface area (Å²) >= 11 is 3.48. The fraction of sp³-hybridized carbons (Fsp3) is 0. The van der Waals surface area contributed by atoms with Gasteiger partial charge in [-0.2, -0.15) is 0 Å². The first-order chi connectivity index (χ1) is 63.9. The Bertz CT molecular complexity index is 8070. The smallest absolute Gasteiger partial charge is 0.227 e. The van der Waals surface area contributed by atoms with Crippen molar-refractivity contribution < 1.29 is 4.42 Å². The largest absolute Gasteiger partial charge is 0.435 e. The molecular weight excluding hydrogens is 1610 g/mol. The second-order valence-corrected chi connectivity index (χ2v) is 33.8. The summed E-state index contributed by atoms with van der Waals surface area (Å²) in [5.74, 6) is 3.95. The minimum atomic E-state index is 0.619. The molecule has 0 amide bonds. The molecule has 604 valence electrons. The van der Waals surface area contributed by atoms with E-state index >= 15 is 0 Å². The number of hydrogen-bond donors (Lipinski definition) is 0. The first-order valence-electron chi connectivity index (χ1n) is 42.8. The third kappa shape index (κ3) is 15.3. The molecule has 11 nitrogen and oxygen atoms in total. The van der Waals surface area contributed by atoms with Crippen molar-refractivity contribution in [1.29, 1.82) is 0 Å². The van der Waals surface area contributed by atoms with Gasteiger partial charge in [-0.25, -0.2) is 49.8 Å². The van der Waals surface area contributed by atoms with Crippen LogP contribution in [0.3, 0.4) is 0 Å². The average Bonchev–Trinajstić information content (AvgIpc) is 1.74. The van der Waals surface area contributed by atoms with Crippen molar-refractivity contribution in [3.8, 4) is 146 Å². The number of oxazole rings is 1. The SMILES string of the molecule is c1ccc(-c2cc(-c3ccccc3)nc(-c3ccc4c(ccc5ccc6sc(-c7ccccc7)nc6c54)c3)n2)cc1.c1ccc(-c2ccc(-c3cc(-c4ccccc4)nc(-c4ccc5c(ccc6ccc7sc(-c8ccccc8)nc7c65)c4)n3)cc2)cc1.c1ccc(-c2nc(-c3ccccc3)nc(-c3ccc4c(ccc5ccc6nc(-c7ccccc7)oc6c54)c3)n2)cc1. The summed E-state index contributed by atoms with van der Waals surface area (Å²) in [5, 5.41) is 15.8. The van der Waals surface area contributed by atoms with Gasteiger partial charge in [0.25, 0.3) is 0 Å². The zero-order chi connectivity index (χ0) is 85.5. The Kier molecular flexibility index (Phi) is 20.1. The number of hydrogen-bond acceptors (Lipinski definition) is 13. The van der Waals surface area contributed by atoms with Crippen molar-refractivity contribution >= 4 is 119 Å². The standard InChI is InChI=1S/C43H27N3S.C37H23N3S.C36H22N4O/c1-4-10-28(11-5-1)29-16-18-31(19-17-29)38-27-37(30-12-6-2-7-13-30)44-42(45-38)35-22-24-36-34(26-35)21-20-32-23-25-39-41(40(32)36)46-43(47-39)33-14-8-3-9-15-33;1-4-10-24(11-5-1)31-23-32(25-12-6-2-7-13-25)39-36(38-31)29-18-20-30-28(22-29)17-16-26-19-21-33-35(34(26)30)40-37(41-33)27-14-8-3-9-15-27;1-4-10-24(11-5-1)33-38-34(25-12-6-2-7-13-25)40-35(39-33)28-18-20-29-27(22-28)17-16-23-19-21-30-32(31(23)29)41-36(37-30)26-14-8-3-9-15-26/h1-27H;1-23H;1-22H. The van der Waals surface area contributed by atoms with Crippen LogP contribution in [0.2, 0.25) is 0 Å². The van der Waals surface area contributed by atoms with Crippen LogP contribution in [-0.4, -0.2) is 49.8 Å². The average molecular weight is 1690 g/mol. The van der Waals surface area contributed by atoms with E-state index < -0.39 is 0 Å². The van der Waals surface area contributed by atoms with Crippen molar-refractivity contribution in [2.75, 3.05) is 0 Å². The van der Waals surface area contributed by atoms with Gasteiger partial charge in [0.1, 0.15) is 15.5 Å². The zero-order valence-corrected chi connectivity index (χ0v) is 70.9. The number of benzene rings is 19. The molecule has 0 aliphatic heterocycles. The molecule has 25 rings (SSSR count). The number of aromatic nitrogens is 10. The molecule has 0 saturated heterocycles. The van der Waals surface area contributed by atoms with Gasteiger partial charge in [0, 0.05) is 82.9 Å². The molecular formula is C116H72N10OS2. The molecule has 0 aliphatic rings. The molecule has 13 heteroatoms. The summed E-state index contributed by atoms with van der Waals surface area (Å²) in [5.41, 5.74) is 22.0. The molecule has 0 spiro atoms. The molecule has 25 aromatic rings. The molecule has 0 bridgehead atoms. The van der Waals surface area contributed by atoms with Crippen LogP contribution >= 0.6 is 22.7 Å². The van der Waals surface area contributed by atoms with Gasteiger partial charge in [-0.05, 0) is 120 Å². The second kappa shape index (κ2) is 33.7. The van der Waals surface area contributed by atoms with Gasteiger partial charge in [-0.15, -0.1) is 22.7 Å². The predicted molar refractivity (Wildman–Crippen MR) is 534 cm³/mol. The van der Waals surface area contributed by atoms with Gasteiger partial charge in [0.2, 0.25) is 5.89 Å². The third-order valence-electron chi connectivity index (χ3n) is 23.6. The summed E-state index contributed by atoms with van der Waals surface area (Å²) in [6.07, 6.45) is 0. The normalized spacial score (nSPS) is 11.4. The summed E-state index contributed by atoms with van der Waals surface area (Å²) < 4.78 is 8.76. The van der Waals surface area contributed by atoms with Crippen LogP contribution in [0.4, 0.5) is 0 Å². The Labute approximate surface area is 750 Å². The molecule has 0 N–H and O–H groups in total. The minimum absolute atomic E-state index is 0.619. The number of fused-ring (bicyclic) bond motifs is 15. The molecule has 0 unspecified atom stereocenters. The second-order valence-electron chi connectivity index (χ2n) is 31.7. The number of rotatable bonds is 13. The highest BCUT2D eigenvalue weighted by Gasteiger charge is 2.22. The zero-order valence-electron chi connectivity index (χ0n) is 69.3. The van der Waals surface area contributed by atoms with Crippen LogP contribution in [-0.2, 0) is 0 Å². The summed E-state index contributed by atoms with van der Waals surface area (Å²) in [4.78, 5) is 50.0. The van der Waals surface area contributed by atoms with E-state index in [0.29, 0.717) is 35.0 Å². The summed E-state index contributed by atoms with van der Waals surface area (Å²) in [7, 11) is 0. The number of thiazole rings is 2. The van der Waals surface area contributed by atoms with Crippen LogP contribution in [0, 0.1) is 0 Å². The highest BCUT2D eigenvalue weighted by atomic mass is 32.1. The molecule has 6 aromatic heterocycles. The Morgan fingerprint density at radius 2 is 0.450 bits per heavy atom. The predicted octanol–water partition coefficient (Wildman–Crippen LogP) is 30.8. The van der Waals surface area contributed by atoms with E-state index in [0.717, 1.165) is 154 Å². The van der Waals surface area contributed by atoms with Crippen molar-refractivity contribution in [3.05, 3.63) is 437 Å². The topological polar surface area (TPSA) is 142 Å². The Morgan fingerprint density at radius 1 is 0.178 bits per heavy atom. The maximum absolute atomic E-state index is 6.38. The Balaban J connectivity index is 0.000000111.